The number of aromatic nitrogens is 3. The molecule has 2 rings (SSSR count). The quantitative estimate of drug-likeness (QED) is 0.172. The lowest BCUT2D eigenvalue weighted by molar-refractivity contribution is -0.154. The molecule has 0 saturated carbocycles. The van der Waals surface area contributed by atoms with Gasteiger partial charge in [-0.3, -0.25) is 14.8 Å². The highest BCUT2D eigenvalue weighted by atomic mass is 19.1. The Kier molecular flexibility index (Phi) is 6.87. The van der Waals surface area contributed by atoms with Gasteiger partial charge in [0.1, 0.15) is 11.3 Å². The van der Waals surface area contributed by atoms with Crippen molar-refractivity contribution in [3.63, 3.8) is 0 Å². The molecule has 0 aliphatic carbocycles. The Bertz CT molecular complexity index is 775. The first-order valence-corrected chi connectivity index (χ1v) is 8.25. The van der Waals surface area contributed by atoms with E-state index in [0.29, 0.717) is 17.0 Å². The van der Waals surface area contributed by atoms with Crippen LogP contribution in [0.1, 0.15) is 32.6 Å². The first-order valence-electron chi connectivity index (χ1n) is 8.25. The van der Waals surface area contributed by atoms with Crippen molar-refractivity contribution in [2.75, 3.05) is 11.6 Å². The zero-order valence-electron chi connectivity index (χ0n) is 14.4. The van der Waals surface area contributed by atoms with Crippen molar-refractivity contribution in [2.24, 2.45) is 11.8 Å². The van der Waals surface area contributed by atoms with E-state index in [1.54, 1.807) is 0 Å². The summed E-state index contributed by atoms with van der Waals surface area (Å²) in [6.45, 7) is 1.83. The van der Waals surface area contributed by atoms with Crippen molar-refractivity contribution in [2.45, 2.75) is 32.6 Å². The van der Waals surface area contributed by atoms with Gasteiger partial charge in [-0.05, 0) is 18.6 Å². The van der Waals surface area contributed by atoms with Gasteiger partial charge in [0, 0.05) is 6.07 Å². The number of carbonyl (C=O) groups excluding carboxylic acids is 2. The summed E-state index contributed by atoms with van der Waals surface area (Å²) in [7, 11) is 0. The van der Waals surface area contributed by atoms with E-state index in [1.807, 2.05) is 6.92 Å². The first-order chi connectivity index (χ1) is 12.5. The van der Waals surface area contributed by atoms with Crippen LogP contribution in [0.4, 0.5) is 10.3 Å². The van der Waals surface area contributed by atoms with Crippen molar-refractivity contribution in [1.82, 2.24) is 20.2 Å². The summed E-state index contributed by atoms with van der Waals surface area (Å²) < 4.78 is 13.2. The molecular weight excluding hydrogens is 343 g/mol. The summed E-state index contributed by atoms with van der Waals surface area (Å²) in [4.78, 5) is 27.4. The lowest BCUT2D eigenvalue weighted by Crippen LogP contribution is -2.46. The van der Waals surface area contributed by atoms with E-state index in [2.05, 4.69) is 15.2 Å². The number of hydrogen-bond acceptors (Lipinski definition) is 7. The summed E-state index contributed by atoms with van der Waals surface area (Å²) in [6, 6.07) is 3.79. The lowest BCUT2D eigenvalue weighted by Gasteiger charge is -2.23. The molecule has 0 fully saturated rings. The van der Waals surface area contributed by atoms with Crippen LogP contribution in [0.3, 0.4) is 0 Å². The Morgan fingerprint density at radius 2 is 2.12 bits per heavy atom. The molecule has 26 heavy (non-hydrogen) atoms. The van der Waals surface area contributed by atoms with Gasteiger partial charge in [-0.2, -0.15) is 0 Å². The van der Waals surface area contributed by atoms with Gasteiger partial charge in [0.25, 0.3) is 5.95 Å². The fourth-order valence-electron chi connectivity index (χ4n) is 2.50. The predicted octanol–water partition coefficient (Wildman–Crippen LogP) is 1.41. The number of hydrazine groups is 1. The van der Waals surface area contributed by atoms with E-state index in [-0.39, 0.29) is 24.4 Å². The average Bonchev–Trinajstić information content (AvgIpc) is 2.65. The summed E-state index contributed by atoms with van der Waals surface area (Å²) >= 11 is 0. The largest absolute Gasteiger partial charge is 0.286 e. The van der Waals surface area contributed by atoms with Crippen molar-refractivity contribution >= 4 is 29.3 Å². The minimum Gasteiger partial charge on any atom is -0.286 e. The molecule has 2 aromatic rings. The number of anilines is 1. The Morgan fingerprint density at radius 3 is 2.81 bits per heavy atom. The summed E-state index contributed by atoms with van der Waals surface area (Å²) in [6.07, 6.45) is 3.27. The lowest BCUT2D eigenvalue weighted by atomic mass is 10.00. The number of rotatable bonds is 9. The molecule has 0 bridgehead atoms. The maximum atomic E-state index is 13.2. The number of unbranched alkanes of at least 4 members (excludes halogenated alkanes) is 2. The van der Waals surface area contributed by atoms with E-state index in [1.165, 1.54) is 18.2 Å². The molecule has 1 atom stereocenters. The molecule has 2 amide bonds. The number of fused-ring (bicyclic) bond motifs is 1. The fraction of sp³-hybridized carbons (Fsp3) is 0.438. The fourth-order valence-corrected chi connectivity index (χ4v) is 2.50. The normalized spacial score (nSPS) is 12.0. The SMILES string of the molecule is CCCCC[C@H](CN(O)C=O)C(=O)N(N)c1nnc2cc(F)ccc2n1. The van der Waals surface area contributed by atoms with Gasteiger partial charge in [-0.1, -0.05) is 26.2 Å². The number of nitrogens with zero attached hydrogens (tertiary/aromatic N) is 5. The number of benzene rings is 1. The number of amides is 2. The third kappa shape index (κ3) is 4.90. The number of hydrogen-bond donors (Lipinski definition) is 2. The molecule has 0 saturated heterocycles. The topological polar surface area (TPSA) is 126 Å². The number of nitrogens with two attached hydrogens (primary N) is 1. The van der Waals surface area contributed by atoms with Gasteiger partial charge in [0.05, 0.1) is 18.0 Å². The second-order valence-corrected chi connectivity index (χ2v) is 5.87. The maximum absolute atomic E-state index is 13.2. The monoisotopic (exact) mass is 364 g/mol. The molecule has 1 aromatic heterocycles. The summed E-state index contributed by atoms with van der Waals surface area (Å²) in [5, 5.41) is 18.1. The number of carbonyl (C=O) groups is 2. The van der Waals surface area contributed by atoms with Gasteiger partial charge in [-0.25, -0.2) is 25.3 Å². The van der Waals surface area contributed by atoms with Gasteiger partial charge < -0.3 is 0 Å². The van der Waals surface area contributed by atoms with E-state index in [4.69, 9.17) is 5.84 Å². The highest BCUT2D eigenvalue weighted by Gasteiger charge is 2.27. The average molecular weight is 364 g/mol. The highest BCUT2D eigenvalue weighted by molar-refractivity contribution is 5.93. The number of halogens is 1. The third-order valence-corrected chi connectivity index (χ3v) is 3.89. The molecule has 9 nitrogen and oxygen atoms in total. The molecule has 1 aromatic carbocycles. The summed E-state index contributed by atoms with van der Waals surface area (Å²) in [5.41, 5.74) is 0.565. The zero-order chi connectivity index (χ0) is 19.1. The molecule has 1 heterocycles. The van der Waals surface area contributed by atoms with E-state index in [9.17, 15) is 19.2 Å². The van der Waals surface area contributed by atoms with Crippen LogP contribution in [0.15, 0.2) is 18.2 Å². The second kappa shape index (κ2) is 9.11. The molecule has 10 heteroatoms. The van der Waals surface area contributed by atoms with E-state index < -0.39 is 17.6 Å². The van der Waals surface area contributed by atoms with Crippen molar-refractivity contribution < 1.29 is 19.2 Å². The van der Waals surface area contributed by atoms with Crippen molar-refractivity contribution in [1.29, 1.82) is 0 Å². The Hall–Kier alpha value is -2.72. The molecule has 0 radical (unpaired) electrons. The minimum absolute atomic E-state index is 0.148. The van der Waals surface area contributed by atoms with Crippen molar-refractivity contribution in [3.05, 3.63) is 24.0 Å². The molecular formula is C16H21FN6O3. The van der Waals surface area contributed by atoms with E-state index >= 15 is 0 Å². The second-order valence-electron chi connectivity index (χ2n) is 5.87. The molecule has 140 valence electrons. The third-order valence-electron chi connectivity index (χ3n) is 3.89. The molecule has 0 aliphatic heterocycles. The van der Waals surface area contributed by atoms with Gasteiger partial charge in [0.15, 0.2) is 0 Å². The molecule has 0 spiro atoms. The van der Waals surface area contributed by atoms with Crippen LogP contribution in [0.5, 0.6) is 0 Å². The van der Waals surface area contributed by atoms with E-state index in [0.717, 1.165) is 24.3 Å². The van der Waals surface area contributed by atoms with Crippen LogP contribution >= 0.6 is 0 Å². The van der Waals surface area contributed by atoms with Crippen LogP contribution in [0.2, 0.25) is 0 Å². The highest BCUT2D eigenvalue weighted by Crippen LogP contribution is 2.17. The Morgan fingerprint density at radius 1 is 1.35 bits per heavy atom. The zero-order valence-corrected chi connectivity index (χ0v) is 14.4. The molecule has 0 unspecified atom stereocenters. The molecule has 0 aliphatic rings. The smallest absolute Gasteiger partial charge is 0.267 e. The van der Waals surface area contributed by atoms with Crippen LogP contribution in [0, 0.1) is 11.7 Å². The standard InChI is InChI=1S/C16H21FN6O3/c1-2-3-4-5-11(9-22(26)10-24)15(25)23(18)16-19-13-7-6-12(17)8-14(13)20-21-16/h6-8,10-11,26H,2-5,9,18H2,1H3/t11-/m1/s1. The minimum atomic E-state index is -0.714. The summed E-state index contributed by atoms with van der Waals surface area (Å²) in [5.74, 6) is 3.95. The van der Waals surface area contributed by atoms with Crippen LogP contribution in [-0.4, -0.2) is 44.3 Å². The van der Waals surface area contributed by atoms with Crippen molar-refractivity contribution in [3.8, 4) is 0 Å². The maximum Gasteiger partial charge on any atom is 0.267 e. The van der Waals surface area contributed by atoms with Crippen LogP contribution in [-0.2, 0) is 9.59 Å². The van der Waals surface area contributed by atoms with Gasteiger partial charge in [-0.15, -0.1) is 10.2 Å². The van der Waals surface area contributed by atoms with Gasteiger partial charge in [0.2, 0.25) is 12.3 Å². The Labute approximate surface area is 149 Å². The Balaban J connectivity index is 2.20. The number of hydroxylamine groups is 2. The van der Waals surface area contributed by atoms with Crippen LogP contribution in [0.25, 0.3) is 11.0 Å². The van der Waals surface area contributed by atoms with Crippen LogP contribution < -0.4 is 10.9 Å². The molecule has 3 N–H and O–H groups in total. The predicted molar refractivity (Wildman–Crippen MR) is 91.2 cm³/mol. The van der Waals surface area contributed by atoms with Gasteiger partial charge >= 0.3 is 0 Å². The first kappa shape index (κ1) is 19.6.